The smallest absolute Gasteiger partial charge is 0.354 e. The third-order valence-corrected chi connectivity index (χ3v) is 5.83. The fourth-order valence-corrected chi connectivity index (χ4v) is 4.07. The number of carbonyl (C=O) groups excluding carboxylic acids is 1. The molecule has 10 heteroatoms. The predicted octanol–water partition coefficient (Wildman–Crippen LogP) is 2.95. The monoisotopic (exact) mass is 473 g/mol. The molecule has 0 saturated heterocycles. The van der Waals surface area contributed by atoms with E-state index in [1.54, 1.807) is 6.07 Å². The van der Waals surface area contributed by atoms with Gasteiger partial charge in [0, 0.05) is 18.2 Å². The largest absolute Gasteiger partial charge is 0.416 e. The standard InChI is InChI=1S/C19H19BrF3N3O3/c20-14-9-26(17(29)25-16(14)28)10-15(27)24-11-18(6-1-2-7-18)12-4-3-5-13(8-12)19(21,22)23/h3-5,8-9H,1-2,6-7,10-11H2,(H,24,27)(H,25,28,29). The topological polar surface area (TPSA) is 84.0 Å². The van der Waals surface area contributed by atoms with Crippen molar-refractivity contribution in [2.24, 2.45) is 0 Å². The molecule has 2 aromatic rings. The summed E-state index contributed by atoms with van der Waals surface area (Å²) in [6.45, 7) is -0.140. The van der Waals surface area contributed by atoms with E-state index in [-0.39, 0.29) is 17.6 Å². The summed E-state index contributed by atoms with van der Waals surface area (Å²) in [6.07, 6.45) is -0.162. The molecule has 6 nitrogen and oxygen atoms in total. The van der Waals surface area contributed by atoms with Crippen molar-refractivity contribution >= 4 is 21.8 Å². The molecule has 0 unspecified atom stereocenters. The first kappa shape index (κ1) is 21.4. The van der Waals surface area contributed by atoms with E-state index >= 15 is 0 Å². The van der Waals surface area contributed by atoms with Crippen LogP contribution in [0.1, 0.15) is 36.8 Å². The summed E-state index contributed by atoms with van der Waals surface area (Å²) in [7, 11) is 0. The quantitative estimate of drug-likeness (QED) is 0.699. The number of rotatable bonds is 5. The summed E-state index contributed by atoms with van der Waals surface area (Å²) in [5.41, 5.74) is -2.05. The van der Waals surface area contributed by atoms with Crippen molar-refractivity contribution in [2.75, 3.05) is 6.54 Å². The van der Waals surface area contributed by atoms with E-state index in [1.807, 2.05) is 0 Å². The van der Waals surface area contributed by atoms with Gasteiger partial charge in [-0.3, -0.25) is 19.1 Å². The maximum atomic E-state index is 13.1. The molecule has 29 heavy (non-hydrogen) atoms. The van der Waals surface area contributed by atoms with E-state index < -0.39 is 34.3 Å². The zero-order valence-corrected chi connectivity index (χ0v) is 16.9. The number of halogens is 4. The van der Waals surface area contributed by atoms with Gasteiger partial charge in [-0.15, -0.1) is 0 Å². The molecule has 1 aromatic heterocycles. The Hall–Kier alpha value is -2.36. The number of aromatic nitrogens is 2. The molecule has 1 amide bonds. The molecule has 1 aromatic carbocycles. The van der Waals surface area contributed by atoms with E-state index in [9.17, 15) is 27.6 Å². The van der Waals surface area contributed by atoms with Crippen molar-refractivity contribution in [2.45, 2.75) is 43.8 Å². The van der Waals surface area contributed by atoms with Crippen molar-refractivity contribution in [3.05, 3.63) is 66.9 Å². The second-order valence-corrected chi connectivity index (χ2v) is 8.06. The molecule has 0 bridgehead atoms. The van der Waals surface area contributed by atoms with Gasteiger partial charge in [0.05, 0.1) is 10.0 Å². The Balaban J connectivity index is 1.76. The summed E-state index contributed by atoms with van der Waals surface area (Å²) >= 11 is 3.00. The molecule has 0 radical (unpaired) electrons. The number of alkyl halides is 3. The molecule has 0 aliphatic heterocycles. The van der Waals surface area contributed by atoms with Crippen LogP contribution >= 0.6 is 15.9 Å². The van der Waals surface area contributed by atoms with Crippen LogP contribution in [0.25, 0.3) is 0 Å². The molecule has 1 aliphatic carbocycles. The van der Waals surface area contributed by atoms with Crippen molar-refractivity contribution in [1.82, 2.24) is 14.9 Å². The lowest BCUT2D eigenvalue weighted by molar-refractivity contribution is -0.137. The minimum Gasteiger partial charge on any atom is -0.354 e. The van der Waals surface area contributed by atoms with Gasteiger partial charge in [0.1, 0.15) is 6.54 Å². The summed E-state index contributed by atoms with van der Waals surface area (Å²) in [5.74, 6) is -0.468. The average molecular weight is 474 g/mol. The maximum absolute atomic E-state index is 13.1. The van der Waals surface area contributed by atoms with Crippen LogP contribution in [-0.2, 0) is 22.9 Å². The number of nitrogens with one attached hydrogen (secondary N) is 2. The minimum atomic E-state index is -4.43. The van der Waals surface area contributed by atoms with Crippen molar-refractivity contribution < 1.29 is 18.0 Å². The number of carbonyl (C=O) groups is 1. The number of H-pyrrole nitrogens is 1. The molecule has 1 aliphatic rings. The van der Waals surface area contributed by atoms with Crippen molar-refractivity contribution in [3.63, 3.8) is 0 Å². The Labute approximate surface area is 172 Å². The number of hydrogen-bond acceptors (Lipinski definition) is 3. The van der Waals surface area contributed by atoms with Crippen molar-refractivity contribution in [3.8, 4) is 0 Å². The molecular weight excluding hydrogens is 455 g/mol. The molecule has 156 valence electrons. The second kappa shape index (κ2) is 8.17. The highest BCUT2D eigenvalue weighted by molar-refractivity contribution is 9.10. The van der Waals surface area contributed by atoms with Gasteiger partial charge in [-0.1, -0.05) is 31.0 Å². The fourth-order valence-electron chi connectivity index (χ4n) is 3.72. The van der Waals surface area contributed by atoms with Crippen molar-refractivity contribution in [1.29, 1.82) is 0 Å². The first-order valence-corrected chi connectivity index (χ1v) is 9.84. The number of benzene rings is 1. The Morgan fingerprint density at radius 1 is 1.24 bits per heavy atom. The van der Waals surface area contributed by atoms with Gasteiger partial charge in [-0.05, 0) is 40.4 Å². The number of hydrogen-bond donors (Lipinski definition) is 2. The lowest BCUT2D eigenvalue weighted by atomic mass is 9.78. The summed E-state index contributed by atoms with van der Waals surface area (Å²) < 4.78 is 40.5. The highest BCUT2D eigenvalue weighted by Crippen LogP contribution is 2.42. The minimum absolute atomic E-state index is 0.112. The lowest BCUT2D eigenvalue weighted by Gasteiger charge is -2.30. The SMILES string of the molecule is O=C(Cn1cc(Br)c(=O)[nH]c1=O)NCC1(c2cccc(C(F)(F)F)c2)CCCC1. The van der Waals surface area contributed by atoms with E-state index in [0.717, 1.165) is 29.5 Å². The zero-order chi connectivity index (χ0) is 21.2. The Bertz CT molecular complexity index is 1020. The zero-order valence-electron chi connectivity index (χ0n) is 15.3. The highest BCUT2D eigenvalue weighted by atomic mass is 79.9. The predicted molar refractivity (Wildman–Crippen MR) is 104 cm³/mol. The molecule has 0 spiro atoms. The van der Waals surface area contributed by atoms with Gasteiger partial charge in [-0.25, -0.2) is 4.79 Å². The van der Waals surface area contributed by atoms with Gasteiger partial charge in [-0.2, -0.15) is 13.2 Å². The van der Waals surface area contributed by atoms with Crippen LogP contribution in [0.2, 0.25) is 0 Å². The van der Waals surface area contributed by atoms with Crippen LogP contribution in [-0.4, -0.2) is 22.0 Å². The van der Waals surface area contributed by atoms with Gasteiger partial charge < -0.3 is 5.32 Å². The van der Waals surface area contributed by atoms with Crippen LogP contribution in [0.3, 0.4) is 0 Å². The fraction of sp³-hybridized carbons (Fsp3) is 0.421. The van der Waals surface area contributed by atoms with Gasteiger partial charge >= 0.3 is 11.9 Å². The van der Waals surface area contributed by atoms with Crippen LogP contribution in [0.4, 0.5) is 13.2 Å². The van der Waals surface area contributed by atoms with Crippen LogP contribution in [0, 0.1) is 0 Å². The number of aromatic amines is 1. The van der Waals surface area contributed by atoms with Crippen LogP contribution < -0.4 is 16.6 Å². The average Bonchev–Trinajstić information content (AvgIpc) is 3.14. The van der Waals surface area contributed by atoms with E-state index in [1.165, 1.54) is 12.3 Å². The Morgan fingerprint density at radius 2 is 1.93 bits per heavy atom. The normalized spacial score (nSPS) is 16.0. The van der Waals surface area contributed by atoms with E-state index in [2.05, 4.69) is 26.2 Å². The number of nitrogens with zero attached hydrogens (tertiary/aromatic N) is 1. The summed E-state index contributed by atoms with van der Waals surface area (Å²) in [5, 5.41) is 2.74. The van der Waals surface area contributed by atoms with Crippen LogP contribution in [0.5, 0.6) is 0 Å². The molecule has 2 N–H and O–H groups in total. The Morgan fingerprint density at radius 3 is 2.59 bits per heavy atom. The molecule has 3 rings (SSSR count). The molecule has 0 atom stereocenters. The van der Waals surface area contributed by atoms with Gasteiger partial charge in [0.15, 0.2) is 0 Å². The second-order valence-electron chi connectivity index (χ2n) is 7.21. The van der Waals surface area contributed by atoms with E-state index in [0.29, 0.717) is 18.4 Å². The molecule has 1 saturated carbocycles. The first-order valence-electron chi connectivity index (χ1n) is 9.04. The van der Waals surface area contributed by atoms with Crippen LogP contribution in [0.15, 0.2) is 44.5 Å². The third-order valence-electron chi connectivity index (χ3n) is 5.27. The number of amides is 1. The molecule has 1 fully saturated rings. The summed E-state index contributed by atoms with van der Waals surface area (Å²) in [6, 6.07) is 5.24. The van der Waals surface area contributed by atoms with E-state index in [4.69, 9.17) is 0 Å². The Kier molecular flexibility index (Phi) is 6.02. The molecular formula is C19H19BrF3N3O3. The highest BCUT2D eigenvalue weighted by Gasteiger charge is 2.38. The maximum Gasteiger partial charge on any atom is 0.416 e. The lowest BCUT2D eigenvalue weighted by Crippen LogP contribution is -2.42. The third kappa shape index (κ3) is 4.80. The van der Waals surface area contributed by atoms with Gasteiger partial charge in [0.2, 0.25) is 5.91 Å². The van der Waals surface area contributed by atoms with Gasteiger partial charge in [0.25, 0.3) is 5.56 Å². The first-order chi connectivity index (χ1) is 13.6. The molecule has 1 heterocycles. The summed E-state index contributed by atoms with van der Waals surface area (Å²) in [4.78, 5) is 37.6.